The molecule has 1 aromatic rings. The number of halogens is 2. The minimum Gasteiger partial charge on any atom is -0.389 e. The molecule has 1 fully saturated rings. The average molecular weight is 465 g/mol. The van der Waals surface area contributed by atoms with E-state index in [-0.39, 0.29) is 36.3 Å². The van der Waals surface area contributed by atoms with E-state index in [1.807, 2.05) is 13.0 Å². The number of guanidine groups is 1. The third-order valence-electron chi connectivity index (χ3n) is 3.81. The van der Waals surface area contributed by atoms with Gasteiger partial charge in [0.15, 0.2) is 5.96 Å². The fourth-order valence-corrected chi connectivity index (χ4v) is 2.26. The summed E-state index contributed by atoms with van der Waals surface area (Å²) >= 11 is 0. The van der Waals surface area contributed by atoms with Crippen molar-refractivity contribution >= 4 is 29.9 Å². The van der Waals surface area contributed by atoms with Gasteiger partial charge in [-0.1, -0.05) is 18.2 Å². The fourth-order valence-electron chi connectivity index (χ4n) is 2.26. The molecule has 0 spiro atoms. The predicted molar refractivity (Wildman–Crippen MR) is 109 cm³/mol. The van der Waals surface area contributed by atoms with Gasteiger partial charge in [-0.3, -0.25) is 4.99 Å². The van der Waals surface area contributed by atoms with Crippen LogP contribution in [-0.2, 0) is 11.2 Å². The summed E-state index contributed by atoms with van der Waals surface area (Å²) in [4.78, 5) is 4.35. The molecular formula is C18H29FIN3O2. The van der Waals surface area contributed by atoms with Crippen LogP contribution >= 0.6 is 24.0 Å². The summed E-state index contributed by atoms with van der Waals surface area (Å²) in [5.41, 5.74) is 0.675. The third kappa shape index (κ3) is 9.37. The molecule has 1 unspecified atom stereocenters. The van der Waals surface area contributed by atoms with Crippen LogP contribution in [0.3, 0.4) is 0 Å². The number of hydrogen-bond acceptors (Lipinski definition) is 3. The quantitative estimate of drug-likeness (QED) is 0.282. The number of aliphatic hydroxyl groups is 1. The van der Waals surface area contributed by atoms with E-state index in [4.69, 9.17) is 4.74 Å². The zero-order valence-electron chi connectivity index (χ0n) is 14.7. The van der Waals surface area contributed by atoms with Gasteiger partial charge < -0.3 is 20.5 Å². The van der Waals surface area contributed by atoms with Crippen molar-refractivity contribution in [3.8, 4) is 0 Å². The first-order valence-corrected chi connectivity index (χ1v) is 8.70. The molecule has 1 aliphatic rings. The van der Waals surface area contributed by atoms with Crippen LogP contribution in [0.15, 0.2) is 29.3 Å². The van der Waals surface area contributed by atoms with Crippen LogP contribution in [0.5, 0.6) is 0 Å². The molecule has 1 atom stereocenters. The largest absolute Gasteiger partial charge is 0.389 e. The first-order valence-electron chi connectivity index (χ1n) is 8.70. The molecule has 2 rings (SSSR count). The molecule has 0 bridgehead atoms. The maximum Gasteiger partial charge on any atom is 0.191 e. The summed E-state index contributed by atoms with van der Waals surface area (Å²) in [5, 5.41) is 16.2. The first kappa shape index (κ1) is 22.1. The van der Waals surface area contributed by atoms with Crippen LogP contribution in [0.1, 0.15) is 25.3 Å². The molecule has 25 heavy (non-hydrogen) atoms. The van der Waals surface area contributed by atoms with Gasteiger partial charge in [-0.05, 0) is 43.7 Å². The summed E-state index contributed by atoms with van der Waals surface area (Å²) in [6.45, 7) is 4.60. The van der Waals surface area contributed by atoms with E-state index >= 15 is 0 Å². The van der Waals surface area contributed by atoms with E-state index in [1.54, 1.807) is 12.1 Å². The Morgan fingerprint density at radius 1 is 1.36 bits per heavy atom. The minimum atomic E-state index is -0.606. The van der Waals surface area contributed by atoms with Crippen molar-refractivity contribution in [2.24, 2.45) is 10.9 Å². The van der Waals surface area contributed by atoms with Crippen LogP contribution in [0.2, 0.25) is 0 Å². The molecule has 5 nitrogen and oxygen atoms in total. The molecule has 1 saturated carbocycles. The summed E-state index contributed by atoms with van der Waals surface area (Å²) in [6.07, 6.45) is 2.45. The number of rotatable bonds is 10. The Labute approximate surface area is 166 Å². The lowest BCUT2D eigenvalue weighted by atomic mass is 10.1. The number of aliphatic imine (C=N–C) groups is 1. The monoisotopic (exact) mass is 465 g/mol. The van der Waals surface area contributed by atoms with Gasteiger partial charge >= 0.3 is 0 Å². The van der Waals surface area contributed by atoms with E-state index in [0.29, 0.717) is 37.0 Å². The Bertz CT molecular complexity index is 527. The van der Waals surface area contributed by atoms with Crippen molar-refractivity contribution in [2.45, 2.75) is 32.3 Å². The molecule has 0 aromatic heterocycles. The number of ether oxygens (including phenoxy) is 1. The Balaban J connectivity index is 0.00000312. The molecule has 0 radical (unpaired) electrons. The molecule has 0 saturated heterocycles. The highest BCUT2D eigenvalue weighted by Crippen LogP contribution is 2.28. The Morgan fingerprint density at radius 3 is 2.80 bits per heavy atom. The molecule has 1 aliphatic carbocycles. The van der Waals surface area contributed by atoms with Crippen LogP contribution in [0.25, 0.3) is 0 Å². The highest BCUT2D eigenvalue weighted by molar-refractivity contribution is 14.0. The first-order chi connectivity index (χ1) is 11.7. The van der Waals surface area contributed by atoms with Crippen molar-refractivity contribution in [2.75, 3.05) is 32.8 Å². The van der Waals surface area contributed by atoms with Gasteiger partial charge in [-0.25, -0.2) is 4.39 Å². The van der Waals surface area contributed by atoms with Crippen LogP contribution in [0, 0.1) is 11.7 Å². The van der Waals surface area contributed by atoms with Gasteiger partial charge in [0.25, 0.3) is 0 Å². The molecule has 0 aliphatic heterocycles. The molecule has 1 aromatic carbocycles. The number of nitrogens with one attached hydrogen (secondary N) is 2. The van der Waals surface area contributed by atoms with Crippen molar-refractivity contribution in [3.63, 3.8) is 0 Å². The number of aliphatic hydroxyl groups excluding tert-OH is 1. The molecule has 0 amide bonds. The lowest BCUT2D eigenvalue weighted by Crippen LogP contribution is -2.39. The molecular weight excluding hydrogens is 436 g/mol. The highest BCUT2D eigenvalue weighted by atomic mass is 127. The zero-order chi connectivity index (χ0) is 17.2. The summed E-state index contributed by atoms with van der Waals surface area (Å²) < 4.78 is 19.0. The van der Waals surface area contributed by atoms with E-state index in [2.05, 4.69) is 15.6 Å². The fraction of sp³-hybridized carbons (Fsp3) is 0.611. The lowest BCUT2D eigenvalue weighted by Gasteiger charge is -2.13. The van der Waals surface area contributed by atoms with Gasteiger partial charge in [0, 0.05) is 19.7 Å². The van der Waals surface area contributed by atoms with E-state index in [0.717, 1.165) is 13.2 Å². The standard InChI is InChI=1S/C18H28FN3O2.HI/c1-2-20-18(21-10-9-15-5-3-4-6-17(15)19)22-11-16(23)13-24-12-14-7-8-14;/h3-6,14,16,23H,2,7-13H2,1H3,(H2,20,21,22);1H. The van der Waals surface area contributed by atoms with Gasteiger partial charge in [0.05, 0.1) is 19.3 Å². The van der Waals surface area contributed by atoms with E-state index in [1.165, 1.54) is 18.9 Å². The molecule has 142 valence electrons. The maximum absolute atomic E-state index is 13.6. The highest BCUT2D eigenvalue weighted by Gasteiger charge is 2.21. The minimum absolute atomic E-state index is 0. The number of hydrogen-bond donors (Lipinski definition) is 3. The summed E-state index contributed by atoms with van der Waals surface area (Å²) in [5.74, 6) is 1.12. The molecule has 3 N–H and O–H groups in total. The van der Waals surface area contributed by atoms with Gasteiger partial charge in [-0.2, -0.15) is 0 Å². The normalized spacial score (nSPS) is 15.4. The lowest BCUT2D eigenvalue weighted by molar-refractivity contribution is 0.0368. The third-order valence-corrected chi connectivity index (χ3v) is 3.81. The van der Waals surface area contributed by atoms with Crippen LogP contribution in [0.4, 0.5) is 4.39 Å². The smallest absolute Gasteiger partial charge is 0.191 e. The number of nitrogens with zero attached hydrogens (tertiary/aromatic N) is 1. The van der Waals surface area contributed by atoms with Crippen molar-refractivity contribution in [1.82, 2.24) is 10.6 Å². The predicted octanol–water partition coefficient (Wildman–Crippen LogP) is 2.33. The summed E-state index contributed by atoms with van der Waals surface area (Å²) in [7, 11) is 0. The second kappa shape index (κ2) is 12.4. The number of benzene rings is 1. The molecule has 0 heterocycles. The van der Waals surface area contributed by atoms with Gasteiger partial charge in [0.2, 0.25) is 0 Å². The maximum atomic E-state index is 13.6. The Kier molecular flexibility index (Phi) is 11.0. The Morgan fingerprint density at radius 2 is 2.12 bits per heavy atom. The van der Waals surface area contributed by atoms with Crippen LogP contribution < -0.4 is 10.6 Å². The SMILES string of the molecule is CCNC(=NCC(O)COCC1CC1)NCCc1ccccc1F.I. The Hall–Kier alpha value is -0.930. The van der Waals surface area contributed by atoms with Crippen molar-refractivity contribution in [1.29, 1.82) is 0 Å². The van der Waals surface area contributed by atoms with Gasteiger partial charge in [0.1, 0.15) is 5.82 Å². The van der Waals surface area contributed by atoms with E-state index in [9.17, 15) is 9.50 Å². The van der Waals surface area contributed by atoms with E-state index < -0.39 is 6.10 Å². The topological polar surface area (TPSA) is 65.9 Å². The second-order valence-electron chi connectivity index (χ2n) is 6.12. The average Bonchev–Trinajstić information content (AvgIpc) is 3.38. The van der Waals surface area contributed by atoms with Crippen molar-refractivity contribution in [3.05, 3.63) is 35.6 Å². The molecule has 7 heteroatoms. The van der Waals surface area contributed by atoms with Crippen LogP contribution in [-0.4, -0.2) is 50.0 Å². The van der Waals surface area contributed by atoms with Gasteiger partial charge in [-0.15, -0.1) is 24.0 Å². The summed E-state index contributed by atoms with van der Waals surface area (Å²) in [6, 6.07) is 6.76. The zero-order valence-corrected chi connectivity index (χ0v) is 17.0. The second-order valence-corrected chi connectivity index (χ2v) is 6.12. The van der Waals surface area contributed by atoms with Crippen molar-refractivity contribution < 1.29 is 14.2 Å².